The van der Waals surface area contributed by atoms with Crippen LogP contribution >= 0.6 is 11.3 Å². The van der Waals surface area contributed by atoms with E-state index in [9.17, 15) is 9.59 Å². The molecule has 0 atom stereocenters. The van der Waals surface area contributed by atoms with E-state index < -0.39 is 0 Å². The average molecular weight is 372 g/mol. The smallest absolute Gasteiger partial charge is 0.259 e. The van der Waals surface area contributed by atoms with E-state index in [1.165, 1.54) is 11.3 Å². The first-order valence-corrected chi connectivity index (χ1v) is 9.66. The summed E-state index contributed by atoms with van der Waals surface area (Å²) in [7, 11) is 0. The predicted octanol–water partition coefficient (Wildman–Crippen LogP) is 1.63. The van der Waals surface area contributed by atoms with Crippen LogP contribution in [0.15, 0.2) is 23.8 Å². The minimum atomic E-state index is -0.252. The fraction of sp³-hybridized carbons (Fsp3) is 0.471. The van der Waals surface area contributed by atoms with Crippen molar-refractivity contribution in [2.24, 2.45) is 5.92 Å². The number of nitrogens with one attached hydrogen (secondary N) is 1. The molecule has 1 aliphatic heterocycles. The van der Waals surface area contributed by atoms with Gasteiger partial charge in [-0.15, -0.1) is 10.2 Å². The summed E-state index contributed by atoms with van der Waals surface area (Å²) in [5, 5.41) is 10.6. The van der Waals surface area contributed by atoms with Crippen molar-refractivity contribution in [1.82, 2.24) is 20.1 Å². The Hall–Kier alpha value is -2.55. The highest BCUT2D eigenvalue weighted by Gasteiger charge is 2.34. The molecule has 136 valence electrons. The summed E-state index contributed by atoms with van der Waals surface area (Å²) in [6, 6.07) is 3.62. The van der Waals surface area contributed by atoms with Gasteiger partial charge in [0.2, 0.25) is 11.0 Å². The van der Waals surface area contributed by atoms with E-state index in [-0.39, 0.29) is 11.8 Å². The van der Waals surface area contributed by atoms with Gasteiger partial charge in [-0.1, -0.05) is 11.3 Å². The van der Waals surface area contributed by atoms with Crippen LogP contribution in [0.2, 0.25) is 0 Å². The SMILES string of the molecule is O=C(Nc1nncs1)c1ccc(N2CCCN(C(=O)C3CC3)CC2)nc1. The first-order chi connectivity index (χ1) is 12.7. The second-order valence-electron chi connectivity index (χ2n) is 6.54. The van der Waals surface area contributed by atoms with Crippen LogP contribution < -0.4 is 10.2 Å². The van der Waals surface area contributed by atoms with Crippen molar-refractivity contribution < 1.29 is 9.59 Å². The summed E-state index contributed by atoms with van der Waals surface area (Å²) in [4.78, 5) is 33.0. The Kier molecular flexibility index (Phi) is 4.79. The van der Waals surface area contributed by atoms with E-state index in [2.05, 4.69) is 25.4 Å². The number of carbonyl (C=O) groups excluding carboxylic acids is 2. The Morgan fingerprint density at radius 3 is 2.73 bits per heavy atom. The largest absolute Gasteiger partial charge is 0.355 e. The Bertz CT molecular complexity index is 775. The number of nitrogens with zero attached hydrogens (tertiary/aromatic N) is 5. The third-order valence-corrected chi connectivity index (χ3v) is 5.26. The second kappa shape index (κ2) is 7.36. The highest BCUT2D eigenvalue weighted by Crippen LogP contribution is 2.31. The number of hydrogen-bond donors (Lipinski definition) is 1. The van der Waals surface area contributed by atoms with Gasteiger partial charge >= 0.3 is 0 Å². The molecule has 2 fully saturated rings. The normalized spacial score (nSPS) is 17.7. The summed E-state index contributed by atoms with van der Waals surface area (Å²) in [5.74, 6) is 1.16. The molecule has 8 nitrogen and oxygen atoms in total. The molecular formula is C17H20N6O2S. The van der Waals surface area contributed by atoms with Crippen molar-refractivity contribution in [2.75, 3.05) is 36.4 Å². The van der Waals surface area contributed by atoms with Gasteiger partial charge in [0.25, 0.3) is 5.91 Å². The van der Waals surface area contributed by atoms with Crippen LogP contribution in [0.1, 0.15) is 29.6 Å². The zero-order valence-corrected chi connectivity index (χ0v) is 15.1. The molecule has 1 saturated heterocycles. The van der Waals surface area contributed by atoms with Gasteiger partial charge in [0, 0.05) is 38.3 Å². The van der Waals surface area contributed by atoms with Gasteiger partial charge < -0.3 is 9.80 Å². The summed E-state index contributed by atoms with van der Waals surface area (Å²) >= 11 is 1.27. The Morgan fingerprint density at radius 1 is 1.15 bits per heavy atom. The maximum atomic E-state index is 12.2. The Balaban J connectivity index is 1.37. The average Bonchev–Trinajstić information content (AvgIpc) is 3.44. The van der Waals surface area contributed by atoms with Gasteiger partial charge in [-0.25, -0.2) is 4.98 Å². The molecule has 1 N–H and O–H groups in total. The monoisotopic (exact) mass is 372 g/mol. The number of hydrogen-bond acceptors (Lipinski definition) is 7. The van der Waals surface area contributed by atoms with Crippen LogP contribution in [0.5, 0.6) is 0 Å². The topological polar surface area (TPSA) is 91.3 Å². The number of aromatic nitrogens is 3. The molecule has 0 bridgehead atoms. The maximum Gasteiger partial charge on any atom is 0.259 e. The third-order valence-electron chi connectivity index (χ3n) is 4.65. The van der Waals surface area contributed by atoms with E-state index in [0.717, 1.165) is 51.3 Å². The fourth-order valence-corrected chi connectivity index (χ4v) is 3.50. The lowest BCUT2D eigenvalue weighted by Crippen LogP contribution is -2.36. The van der Waals surface area contributed by atoms with E-state index >= 15 is 0 Å². The fourth-order valence-electron chi connectivity index (χ4n) is 3.06. The van der Waals surface area contributed by atoms with Gasteiger partial charge in [0.05, 0.1) is 5.56 Å². The number of carbonyl (C=O) groups is 2. The molecule has 1 saturated carbocycles. The standard InChI is InChI=1S/C17H20N6O2S/c24-15(20-17-21-19-11-26-17)13-4-5-14(18-10-13)22-6-1-7-23(9-8-22)16(25)12-2-3-12/h4-5,10-12H,1-3,6-9H2,(H,20,21,24). The van der Waals surface area contributed by atoms with Gasteiger partial charge in [-0.3, -0.25) is 14.9 Å². The van der Waals surface area contributed by atoms with Gasteiger partial charge in [0.15, 0.2) is 0 Å². The van der Waals surface area contributed by atoms with Crippen LogP contribution in [0.25, 0.3) is 0 Å². The van der Waals surface area contributed by atoms with Gasteiger partial charge in [-0.2, -0.15) is 0 Å². The Labute approximate surface area is 155 Å². The lowest BCUT2D eigenvalue weighted by atomic mass is 10.2. The molecule has 9 heteroatoms. The van der Waals surface area contributed by atoms with Crippen molar-refractivity contribution >= 4 is 34.1 Å². The second-order valence-corrected chi connectivity index (χ2v) is 7.38. The minimum Gasteiger partial charge on any atom is -0.355 e. The lowest BCUT2D eigenvalue weighted by molar-refractivity contribution is -0.132. The van der Waals surface area contributed by atoms with Crippen molar-refractivity contribution in [2.45, 2.75) is 19.3 Å². The van der Waals surface area contributed by atoms with E-state index in [4.69, 9.17) is 0 Å². The quantitative estimate of drug-likeness (QED) is 0.877. The van der Waals surface area contributed by atoms with Gasteiger partial charge in [-0.05, 0) is 31.4 Å². The number of amides is 2. The molecule has 3 heterocycles. The molecule has 0 unspecified atom stereocenters. The van der Waals surface area contributed by atoms with E-state index in [1.54, 1.807) is 17.8 Å². The van der Waals surface area contributed by atoms with Crippen LogP contribution in [0.3, 0.4) is 0 Å². The summed E-state index contributed by atoms with van der Waals surface area (Å²) in [5.41, 5.74) is 2.04. The molecule has 26 heavy (non-hydrogen) atoms. The molecule has 0 aromatic carbocycles. The molecule has 1 aliphatic carbocycles. The highest BCUT2D eigenvalue weighted by atomic mass is 32.1. The van der Waals surface area contributed by atoms with Crippen molar-refractivity contribution in [3.63, 3.8) is 0 Å². The van der Waals surface area contributed by atoms with Crippen LogP contribution in [-0.2, 0) is 4.79 Å². The maximum absolute atomic E-state index is 12.2. The highest BCUT2D eigenvalue weighted by molar-refractivity contribution is 7.13. The molecule has 4 rings (SSSR count). The molecular weight excluding hydrogens is 352 g/mol. The van der Waals surface area contributed by atoms with Crippen molar-refractivity contribution in [3.8, 4) is 0 Å². The summed E-state index contributed by atoms with van der Waals surface area (Å²) in [6.45, 7) is 3.17. The lowest BCUT2D eigenvalue weighted by Gasteiger charge is -2.23. The van der Waals surface area contributed by atoms with Crippen LogP contribution in [0, 0.1) is 5.92 Å². The molecule has 2 amide bonds. The number of rotatable bonds is 4. The first-order valence-electron chi connectivity index (χ1n) is 8.78. The van der Waals surface area contributed by atoms with Crippen LogP contribution in [-0.4, -0.2) is 58.1 Å². The first kappa shape index (κ1) is 16.9. The van der Waals surface area contributed by atoms with E-state index in [0.29, 0.717) is 16.6 Å². The molecule has 2 aromatic rings. The molecule has 0 radical (unpaired) electrons. The molecule has 0 spiro atoms. The summed E-state index contributed by atoms with van der Waals surface area (Å²) in [6.07, 6.45) is 4.59. The molecule has 2 aliphatic rings. The summed E-state index contributed by atoms with van der Waals surface area (Å²) < 4.78 is 0. The number of anilines is 2. The zero-order valence-electron chi connectivity index (χ0n) is 14.3. The Morgan fingerprint density at radius 2 is 2.04 bits per heavy atom. The van der Waals surface area contributed by atoms with Crippen molar-refractivity contribution in [1.29, 1.82) is 0 Å². The van der Waals surface area contributed by atoms with Gasteiger partial charge in [0.1, 0.15) is 11.3 Å². The molecule has 2 aromatic heterocycles. The van der Waals surface area contributed by atoms with E-state index in [1.807, 2.05) is 11.0 Å². The predicted molar refractivity (Wildman–Crippen MR) is 98.2 cm³/mol. The minimum absolute atomic E-state index is 0.252. The number of pyridine rings is 1. The zero-order chi connectivity index (χ0) is 17.9. The third kappa shape index (κ3) is 3.82. The van der Waals surface area contributed by atoms with Crippen molar-refractivity contribution in [3.05, 3.63) is 29.4 Å². The van der Waals surface area contributed by atoms with Crippen LogP contribution in [0.4, 0.5) is 10.9 Å².